The Balaban J connectivity index is 0.000000254. The molecule has 2 heterocycles. The van der Waals surface area contributed by atoms with E-state index in [-0.39, 0.29) is 63.1 Å². The van der Waals surface area contributed by atoms with Crippen LogP contribution in [0.2, 0.25) is 0 Å². The Morgan fingerprint density at radius 2 is 1.21 bits per heavy atom. The number of carbonyl (C=O) groups is 3. The van der Waals surface area contributed by atoms with Gasteiger partial charge in [0, 0.05) is 23.6 Å². The number of methoxy groups -OCH3 is 1. The fraction of sp³-hybridized carbons (Fsp3) is 0.182. The number of carbonyl (C=O) groups excluding carboxylic acids is 1. The van der Waals surface area contributed by atoms with Gasteiger partial charge in [0.05, 0.1) is 52.1 Å². The maximum Gasteiger partial charge on any atom is 0.359 e. The molecule has 298 valence electrons. The van der Waals surface area contributed by atoms with E-state index in [9.17, 15) is 34.8 Å². The molecule has 14 heteroatoms. The number of aryl methyl sites for hydroxylation is 1. The van der Waals surface area contributed by atoms with Gasteiger partial charge in [-0.2, -0.15) is 14.9 Å². The van der Waals surface area contributed by atoms with Gasteiger partial charge >= 0.3 is 17.9 Å². The molecule has 0 aliphatic rings. The summed E-state index contributed by atoms with van der Waals surface area (Å²) in [6.45, 7) is 10.1. The van der Waals surface area contributed by atoms with E-state index in [2.05, 4.69) is 29.0 Å². The van der Waals surface area contributed by atoms with Crippen LogP contribution in [0.25, 0.3) is 23.5 Å². The maximum atomic E-state index is 12.2. The van der Waals surface area contributed by atoms with Crippen LogP contribution in [0.15, 0.2) is 102 Å². The Hall–Kier alpha value is -6.75. The zero-order valence-corrected chi connectivity index (χ0v) is 34.0. The van der Waals surface area contributed by atoms with Crippen molar-refractivity contribution in [1.29, 1.82) is 0 Å². The molecule has 0 radical (unpaired) electrons. The summed E-state index contributed by atoms with van der Waals surface area (Å²) in [6.07, 6.45) is 4.59. The molecule has 4 aromatic carbocycles. The number of carboxylic acids is 2. The van der Waals surface area contributed by atoms with Crippen LogP contribution in [-0.4, -0.2) is 71.2 Å². The summed E-state index contributed by atoms with van der Waals surface area (Å²) >= 11 is 0. The van der Waals surface area contributed by atoms with Crippen molar-refractivity contribution in [1.82, 2.24) is 19.6 Å². The number of ether oxygens (including phenoxy) is 1. The molecule has 0 aliphatic carbocycles. The largest absolute Gasteiger partial charge is 0.493 e. The SMILES string of the molecule is COC(=O)c1nn(-c2cccc(C(C)C)c2)c(O)c1C=Nc1ccccc1C(=O)O.Cc1nn(-c2cccc(C(C)C)c2)c(O)c1/C=C/c1ccccc1C(=O)O.[Cr]. The topological polar surface area (TPSA) is 189 Å². The quantitative estimate of drug-likeness (QED) is 0.0726. The number of para-hydroxylation sites is 1. The molecule has 0 saturated carbocycles. The molecule has 2 aromatic heterocycles. The molecule has 13 nitrogen and oxygen atoms in total. The van der Waals surface area contributed by atoms with Crippen LogP contribution < -0.4 is 0 Å². The second-order valence-corrected chi connectivity index (χ2v) is 13.5. The van der Waals surface area contributed by atoms with Gasteiger partial charge in [-0.25, -0.2) is 19.1 Å². The van der Waals surface area contributed by atoms with Crippen LogP contribution in [0.4, 0.5) is 5.69 Å². The first kappa shape index (κ1) is 44.0. The molecule has 4 N–H and O–H groups in total. The number of aromatic carboxylic acids is 2. The predicted molar refractivity (Wildman–Crippen MR) is 218 cm³/mol. The fourth-order valence-electron chi connectivity index (χ4n) is 5.81. The first-order valence-electron chi connectivity index (χ1n) is 18.0. The standard InChI is InChI=1S/C22H21N3O5.C22H22N2O3.Cr/c1-13(2)14-7-6-8-15(11-14)25-20(26)17(19(24-25)22(29)30-3)12-23-18-10-5-4-9-16(18)21(27)28;1-14(2)17-8-6-9-18(13-17)24-21(25)19(15(3)23-24)12-11-16-7-4-5-10-20(16)22(26)27;/h4-13,26H,1-3H3,(H,27,28);4-14,25H,1-3H3,(H,26,27);/b;12-11+;. The van der Waals surface area contributed by atoms with Crippen LogP contribution in [0.3, 0.4) is 0 Å². The second-order valence-electron chi connectivity index (χ2n) is 13.5. The Labute approximate surface area is 346 Å². The van der Waals surface area contributed by atoms with E-state index in [0.717, 1.165) is 16.8 Å². The number of aromatic nitrogens is 4. The smallest absolute Gasteiger partial charge is 0.359 e. The van der Waals surface area contributed by atoms with Gasteiger partial charge in [0.15, 0.2) is 5.69 Å². The summed E-state index contributed by atoms with van der Waals surface area (Å²) < 4.78 is 7.50. The monoisotopic (exact) mass is 821 g/mol. The molecule has 0 unspecified atom stereocenters. The Morgan fingerprint density at radius 3 is 1.76 bits per heavy atom. The molecule has 0 aliphatic heterocycles. The molecule has 0 fully saturated rings. The van der Waals surface area contributed by atoms with Crippen LogP contribution in [0, 0.1) is 6.92 Å². The molecule has 0 amide bonds. The van der Waals surface area contributed by atoms with Gasteiger partial charge in [0.1, 0.15) is 0 Å². The van der Waals surface area contributed by atoms with E-state index in [0.29, 0.717) is 28.4 Å². The van der Waals surface area contributed by atoms with Gasteiger partial charge in [0.2, 0.25) is 11.8 Å². The maximum absolute atomic E-state index is 12.2. The number of nitrogens with zero attached hydrogens (tertiary/aromatic N) is 5. The Morgan fingerprint density at radius 1 is 0.690 bits per heavy atom. The molecule has 0 atom stereocenters. The summed E-state index contributed by atoms with van der Waals surface area (Å²) in [4.78, 5) is 39.1. The van der Waals surface area contributed by atoms with E-state index in [1.54, 1.807) is 54.6 Å². The number of benzene rings is 4. The van der Waals surface area contributed by atoms with Crippen molar-refractivity contribution in [3.63, 3.8) is 0 Å². The first-order chi connectivity index (χ1) is 27.2. The molecule has 6 rings (SSSR count). The molecule has 0 spiro atoms. The average Bonchev–Trinajstić information content (AvgIpc) is 3.69. The van der Waals surface area contributed by atoms with Gasteiger partial charge in [-0.3, -0.25) is 4.99 Å². The minimum absolute atomic E-state index is 0. The molecular weight excluding hydrogens is 779 g/mol. The zero-order valence-electron chi connectivity index (χ0n) is 32.7. The van der Waals surface area contributed by atoms with Gasteiger partial charge in [0.25, 0.3) is 0 Å². The predicted octanol–water partition coefficient (Wildman–Crippen LogP) is 8.81. The van der Waals surface area contributed by atoms with Gasteiger partial charge < -0.3 is 25.2 Å². The van der Waals surface area contributed by atoms with Crippen molar-refractivity contribution in [3.8, 4) is 23.1 Å². The van der Waals surface area contributed by atoms with Crippen molar-refractivity contribution in [2.24, 2.45) is 4.99 Å². The first-order valence-corrected chi connectivity index (χ1v) is 18.0. The van der Waals surface area contributed by atoms with E-state index in [1.807, 2.05) is 63.2 Å². The molecule has 0 saturated heterocycles. The number of carboxylic acid groups (broad SMARTS) is 2. The van der Waals surface area contributed by atoms with E-state index in [1.165, 1.54) is 34.8 Å². The Bertz CT molecular complexity index is 2500. The average molecular weight is 822 g/mol. The number of esters is 1. The zero-order chi connectivity index (χ0) is 41.4. The van der Waals surface area contributed by atoms with Gasteiger partial charge in [-0.15, -0.1) is 0 Å². The van der Waals surface area contributed by atoms with Crippen LogP contribution in [-0.2, 0) is 22.1 Å². The number of rotatable bonds is 11. The molecule has 58 heavy (non-hydrogen) atoms. The van der Waals surface area contributed by atoms with E-state index in [4.69, 9.17) is 4.74 Å². The van der Waals surface area contributed by atoms with Crippen LogP contribution in [0.1, 0.15) is 104 Å². The van der Waals surface area contributed by atoms with Crippen molar-refractivity contribution in [2.45, 2.75) is 46.5 Å². The van der Waals surface area contributed by atoms with Crippen LogP contribution >= 0.6 is 0 Å². The second kappa shape index (κ2) is 19.4. The number of aromatic hydroxyl groups is 2. The van der Waals surface area contributed by atoms with Crippen LogP contribution in [0.5, 0.6) is 11.8 Å². The van der Waals surface area contributed by atoms with Crippen molar-refractivity contribution >= 4 is 42.0 Å². The summed E-state index contributed by atoms with van der Waals surface area (Å²) in [5.74, 6) is -2.53. The Kier molecular flexibility index (Phi) is 14.7. The van der Waals surface area contributed by atoms with Crippen molar-refractivity contribution in [3.05, 3.63) is 147 Å². The minimum atomic E-state index is -1.14. The summed E-state index contributed by atoms with van der Waals surface area (Å²) in [5, 5.41) is 48.7. The van der Waals surface area contributed by atoms with Gasteiger partial charge in [-0.05, 0) is 84.0 Å². The minimum Gasteiger partial charge on any atom is -0.493 e. The summed E-state index contributed by atoms with van der Waals surface area (Å²) in [5.41, 5.74) is 5.60. The molecule has 0 bridgehead atoms. The van der Waals surface area contributed by atoms with E-state index >= 15 is 0 Å². The fourth-order valence-corrected chi connectivity index (χ4v) is 5.81. The van der Waals surface area contributed by atoms with E-state index < -0.39 is 17.9 Å². The third-order valence-electron chi connectivity index (χ3n) is 9.01. The number of aliphatic imine (C=N–C) groups is 1. The third kappa shape index (κ3) is 9.97. The van der Waals surface area contributed by atoms with Crippen molar-refractivity contribution in [2.75, 3.05) is 7.11 Å². The summed E-state index contributed by atoms with van der Waals surface area (Å²) in [7, 11) is 1.21. The summed E-state index contributed by atoms with van der Waals surface area (Å²) in [6, 6.07) is 28.2. The third-order valence-corrected chi connectivity index (χ3v) is 9.01. The van der Waals surface area contributed by atoms with Crippen molar-refractivity contribution < 1.29 is 56.9 Å². The molecule has 6 aromatic rings. The number of hydrogen-bond donors (Lipinski definition) is 4. The van der Waals surface area contributed by atoms with Gasteiger partial charge in [-0.1, -0.05) is 88.4 Å². The molecular formula is C44H43CrN5O8. The number of hydrogen-bond acceptors (Lipinski definition) is 9. The normalized spacial score (nSPS) is 11.1.